The van der Waals surface area contributed by atoms with E-state index < -0.39 is 0 Å². The van der Waals surface area contributed by atoms with Crippen LogP contribution in [0, 0.1) is 0 Å². The molecule has 0 radical (unpaired) electrons. The Bertz CT molecular complexity index is 1300. The van der Waals surface area contributed by atoms with Crippen LogP contribution in [0.1, 0.15) is 35.8 Å². The van der Waals surface area contributed by atoms with Crippen molar-refractivity contribution in [1.82, 2.24) is 5.32 Å². The minimum atomic E-state index is -0.125. The lowest BCUT2D eigenvalue weighted by Gasteiger charge is -2.15. The molecule has 2 aromatic carbocycles. The maximum atomic E-state index is 12.9. The van der Waals surface area contributed by atoms with Crippen LogP contribution in [0.3, 0.4) is 0 Å². The van der Waals surface area contributed by atoms with Crippen molar-refractivity contribution >= 4 is 23.1 Å². The Kier molecular flexibility index (Phi) is 8.20. The summed E-state index contributed by atoms with van der Waals surface area (Å²) in [5.74, 6) is 2.73. The standard InChI is InChI=1S/C29H31NO7/c1-18-23(12-19-13-26(34-3)29(37-11-9-31)27(14-19)35-4)22-8-7-20(33-2)15-25(22)24(18)16-28(32)30-17-21-6-5-10-36-21/h5-8,10,12-15,31H,9,11,16-17H2,1-4H3,(H,30,32)/b23-12-. The predicted molar refractivity (Wildman–Crippen MR) is 141 cm³/mol. The van der Waals surface area contributed by atoms with Crippen LogP contribution < -0.4 is 24.3 Å². The van der Waals surface area contributed by atoms with E-state index in [-0.39, 0.29) is 25.5 Å². The average molecular weight is 506 g/mol. The number of carbonyl (C=O) groups is 1. The fourth-order valence-electron chi connectivity index (χ4n) is 4.38. The van der Waals surface area contributed by atoms with Crippen molar-refractivity contribution in [3.8, 4) is 23.0 Å². The van der Waals surface area contributed by atoms with Gasteiger partial charge in [0.2, 0.25) is 11.7 Å². The molecule has 3 aromatic rings. The number of furan rings is 1. The third kappa shape index (κ3) is 5.65. The summed E-state index contributed by atoms with van der Waals surface area (Å²) in [6, 6.07) is 13.2. The molecule has 0 unspecified atom stereocenters. The van der Waals surface area contributed by atoms with Gasteiger partial charge in [-0.1, -0.05) is 6.07 Å². The van der Waals surface area contributed by atoms with Crippen molar-refractivity contribution in [2.75, 3.05) is 34.5 Å². The summed E-state index contributed by atoms with van der Waals surface area (Å²) in [6.07, 6.45) is 3.83. The SMILES string of the molecule is COc1ccc2c(c1)C(CC(=O)NCc1ccco1)=C(C)/C2=C/c1cc(OC)c(OCCO)c(OC)c1. The molecular weight excluding hydrogens is 474 g/mol. The van der Waals surface area contributed by atoms with Crippen LogP contribution in [-0.4, -0.2) is 45.6 Å². The molecule has 4 rings (SSSR count). The average Bonchev–Trinajstić information content (AvgIpc) is 3.53. The molecule has 0 bridgehead atoms. The van der Waals surface area contributed by atoms with E-state index in [1.807, 2.05) is 49.4 Å². The minimum absolute atomic E-state index is 0.102. The molecule has 1 aromatic heterocycles. The number of amides is 1. The number of benzene rings is 2. The highest BCUT2D eigenvalue weighted by atomic mass is 16.5. The zero-order chi connectivity index (χ0) is 26.4. The van der Waals surface area contributed by atoms with Gasteiger partial charge in [0, 0.05) is 0 Å². The number of ether oxygens (including phenoxy) is 4. The number of aliphatic hydroxyl groups is 1. The lowest BCUT2D eigenvalue weighted by Crippen LogP contribution is -2.22. The number of aliphatic hydroxyl groups excluding tert-OH is 1. The summed E-state index contributed by atoms with van der Waals surface area (Å²) in [5, 5.41) is 12.1. The number of allylic oxidation sites excluding steroid dienone is 2. The number of carbonyl (C=O) groups excluding carboxylic acids is 1. The zero-order valence-corrected chi connectivity index (χ0v) is 21.4. The van der Waals surface area contributed by atoms with Crippen molar-refractivity contribution in [2.45, 2.75) is 19.9 Å². The molecule has 0 aliphatic heterocycles. The van der Waals surface area contributed by atoms with E-state index in [9.17, 15) is 4.79 Å². The van der Waals surface area contributed by atoms with Crippen LogP contribution in [0.2, 0.25) is 0 Å². The topological polar surface area (TPSA) is 99.4 Å². The van der Waals surface area contributed by atoms with Gasteiger partial charge in [-0.2, -0.15) is 0 Å². The third-order valence-electron chi connectivity index (χ3n) is 6.21. The summed E-state index contributed by atoms with van der Waals surface area (Å²) < 4.78 is 27.5. The molecule has 0 spiro atoms. The second-order valence-corrected chi connectivity index (χ2v) is 8.43. The lowest BCUT2D eigenvalue weighted by molar-refractivity contribution is -0.120. The number of methoxy groups -OCH3 is 3. The highest BCUT2D eigenvalue weighted by Gasteiger charge is 2.26. The fourth-order valence-corrected chi connectivity index (χ4v) is 4.38. The molecule has 8 heteroatoms. The zero-order valence-electron chi connectivity index (χ0n) is 21.4. The number of hydrogen-bond acceptors (Lipinski definition) is 7. The summed E-state index contributed by atoms with van der Waals surface area (Å²) in [7, 11) is 4.73. The van der Waals surface area contributed by atoms with Crippen LogP contribution in [0.25, 0.3) is 17.2 Å². The Morgan fingerprint density at radius 1 is 1.03 bits per heavy atom. The quantitative estimate of drug-likeness (QED) is 0.389. The van der Waals surface area contributed by atoms with Gasteiger partial charge < -0.3 is 33.8 Å². The second kappa shape index (κ2) is 11.7. The molecule has 1 amide bonds. The number of fused-ring (bicyclic) bond motifs is 1. The summed E-state index contributed by atoms with van der Waals surface area (Å²) in [6.45, 7) is 2.34. The van der Waals surface area contributed by atoms with E-state index in [1.165, 1.54) is 0 Å². The Balaban J connectivity index is 1.71. The van der Waals surface area contributed by atoms with Gasteiger partial charge >= 0.3 is 0 Å². The van der Waals surface area contributed by atoms with Gasteiger partial charge in [-0.3, -0.25) is 4.79 Å². The van der Waals surface area contributed by atoms with Gasteiger partial charge in [0.1, 0.15) is 18.1 Å². The van der Waals surface area contributed by atoms with Gasteiger partial charge in [-0.05, 0) is 82.8 Å². The first-order valence-corrected chi connectivity index (χ1v) is 11.9. The van der Waals surface area contributed by atoms with Gasteiger partial charge in [-0.15, -0.1) is 0 Å². The van der Waals surface area contributed by atoms with Gasteiger partial charge in [0.15, 0.2) is 11.5 Å². The number of nitrogens with one attached hydrogen (secondary N) is 1. The first-order valence-electron chi connectivity index (χ1n) is 11.9. The Labute approximate surface area is 216 Å². The fraction of sp³-hybridized carbons (Fsp3) is 0.276. The van der Waals surface area contributed by atoms with Gasteiger partial charge in [0.25, 0.3) is 0 Å². The molecular formula is C29H31NO7. The molecule has 194 valence electrons. The Hall–Kier alpha value is -4.17. The molecule has 1 aliphatic carbocycles. The van der Waals surface area contributed by atoms with Crippen molar-refractivity contribution in [1.29, 1.82) is 0 Å². The molecule has 0 fully saturated rings. The molecule has 37 heavy (non-hydrogen) atoms. The van der Waals surface area contributed by atoms with E-state index in [0.717, 1.165) is 39.2 Å². The molecule has 1 heterocycles. The molecule has 0 atom stereocenters. The van der Waals surface area contributed by atoms with E-state index in [0.29, 0.717) is 29.6 Å². The smallest absolute Gasteiger partial charge is 0.224 e. The summed E-state index contributed by atoms with van der Waals surface area (Å²) in [4.78, 5) is 12.9. The van der Waals surface area contributed by atoms with Crippen LogP contribution in [0.15, 0.2) is 58.7 Å². The lowest BCUT2D eigenvalue weighted by atomic mass is 10.00. The van der Waals surface area contributed by atoms with Crippen LogP contribution in [0.5, 0.6) is 23.0 Å². The van der Waals surface area contributed by atoms with E-state index in [2.05, 4.69) is 5.32 Å². The largest absolute Gasteiger partial charge is 0.497 e. The van der Waals surface area contributed by atoms with E-state index in [1.54, 1.807) is 33.7 Å². The van der Waals surface area contributed by atoms with Crippen molar-refractivity contribution in [2.24, 2.45) is 0 Å². The summed E-state index contributed by atoms with van der Waals surface area (Å²) >= 11 is 0. The highest BCUT2D eigenvalue weighted by molar-refractivity contribution is 6.08. The van der Waals surface area contributed by atoms with Crippen LogP contribution in [0.4, 0.5) is 0 Å². The summed E-state index contributed by atoms with van der Waals surface area (Å²) in [5.41, 5.74) is 5.71. The maximum absolute atomic E-state index is 12.9. The number of rotatable bonds is 11. The molecule has 0 saturated heterocycles. The van der Waals surface area contributed by atoms with Crippen molar-refractivity contribution < 1.29 is 33.3 Å². The first kappa shape index (κ1) is 25.9. The molecule has 8 nitrogen and oxygen atoms in total. The predicted octanol–water partition coefficient (Wildman–Crippen LogP) is 4.71. The maximum Gasteiger partial charge on any atom is 0.224 e. The van der Waals surface area contributed by atoms with Gasteiger partial charge in [0.05, 0.1) is 47.2 Å². The normalized spacial score (nSPS) is 13.5. The van der Waals surface area contributed by atoms with Crippen molar-refractivity contribution in [3.05, 3.63) is 76.8 Å². The Morgan fingerprint density at radius 2 is 1.78 bits per heavy atom. The first-order chi connectivity index (χ1) is 18.0. The monoisotopic (exact) mass is 505 g/mol. The van der Waals surface area contributed by atoms with Crippen LogP contribution in [-0.2, 0) is 11.3 Å². The minimum Gasteiger partial charge on any atom is -0.497 e. The van der Waals surface area contributed by atoms with E-state index in [4.69, 9.17) is 28.5 Å². The highest BCUT2D eigenvalue weighted by Crippen LogP contribution is 2.46. The van der Waals surface area contributed by atoms with E-state index >= 15 is 0 Å². The second-order valence-electron chi connectivity index (χ2n) is 8.43. The Morgan fingerprint density at radius 3 is 2.41 bits per heavy atom. The molecule has 0 saturated carbocycles. The van der Waals surface area contributed by atoms with Gasteiger partial charge in [-0.25, -0.2) is 0 Å². The molecule has 1 aliphatic rings. The third-order valence-corrected chi connectivity index (χ3v) is 6.21. The number of hydrogen-bond donors (Lipinski definition) is 2. The van der Waals surface area contributed by atoms with Crippen LogP contribution >= 0.6 is 0 Å². The molecule has 2 N–H and O–H groups in total. The van der Waals surface area contributed by atoms with Crippen molar-refractivity contribution in [3.63, 3.8) is 0 Å².